The van der Waals surface area contributed by atoms with E-state index in [2.05, 4.69) is 5.32 Å². The van der Waals surface area contributed by atoms with Gasteiger partial charge in [-0.15, -0.1) is 0 Å². The summed E-state index contributed by atoms with van der Waals surface area (Å²) in [7, 11) is 1.52. The topological polar surface area (TPSA) is 86.8 Å². The number of imide groups is 1. The zero-order chi connectivity index (χ0) is 23.4. The van der Waals surface area contributed by atoms with Crippen molar-refractivity contribution in [2.24, 2.45) is 11.8 Å². The van der Waals surface area contributed by atoms with Crippen LogP contribution in [-0.4, -0.2) is 53.1 Å². The maximum atomic E-state index is 13.2. The summed E-state index contributed by atoms with van der Waals surface area (Å²) < 4.78 is 0. The van der Waals surface area contributed by atoms with Gasteiger partial charge in [0.1, 0.15) is 6.04 Å². The highest BCUT2D eigenvalue weighted by Crippen LogP contribution is 2.35. The number of allylic oxidation sites excluding steroid dienone is 2. The lowest BCUT2D eigenvalue weighted by molar-refractivity contribution is -0.144. The third-order valence-corrected chi connectivity index (χ3v) is 6.86. The summed E-state index contributed by atoms with van der Waals surface area (Å²) in [6, 6.07) is 4.35. The number of likely N-dealkylation sites (N-methyl/N-ethyl adjacent to an activating group) is 1. The van der Waals surface area contributed by atoms with Crippen LogP contribution in [0.5, 0.6) is 0 Å². The minimum atomic E-state index is -0.696. The number of nitrogens with one attached hydrogen (secondary N) is 1. The summed E-state index contributed by atoms with van der Waals surface area (Å²) in [5.74, 6) is -1.70. The van der Waals surface area contributed by atoms with E-state index >= 15 is 0 Å². The first-order chi connectivity index (χ1) is 15.3. The molecule has 4 amide bonds. The number of hydrogen-bond acceptors (Lipinski definition) is 4. The summed E-state index contributed by atoms with van der Waals surface area (Å²) >= 11 is 12.1. The molecule has 9 heteroatoms. The molecule has 1 aromatic carbocycles. The van der Waals surface area contributed by atoms with Gasteiger partial charge in [-0.1, -0.05) is 48.3 Å². The van der Waals surface area contributed by atoms with E-state index in [4.69, 9.17) is 23.2 Å². The number of fused-ring (bicyclic) bond motifs is 1. The van der Waals surface area contributed by atoms with Gasteiger partial charge in [0.25, 0.3) is 0 Å². The van der Waals surface area contributed by atoms with Crippen molar-refractivity contribution in [2.45, 2.75) is 45.2 Å². The molecule has 2 aliphatic rings. The predicted molar refractivity (Wildman–Crippen MR) is 122 cm³/mol. The quantitative estimate of drug-likeness (QED) is 0.458. The third-order valence-electron chi connectivity index (χ3n) is 6.12. The Labute approximate surface area is 197 Å². The summed E-state index contributed by atoms with van der Waals surface area (Å²) in [6.45, 7) is 1.98. The molecule has 0 aromatic heterocycles. The zero-order valence-corrected chi connectivity index (χ0v) is 19.7. The Hall–Kier alpha value is -2.38. The molecule has 1 N–H and O–H groups in total. The van der Waals surface area contributed by atoms with Crippen molar-refractivity contribution in [2.75, 3.05) is 13.6 Å². The summed E-state index contributed by atoms with van der Waals surface area (Å²) in [6.07, 6.45) is 5.31. The number of halogens is 2. The van der Waals surface area contributed by atoms with Crippen LogP contribution in [0, 0.1) is 11.8 Å². The zero-order valence-electron chi connectivity index (χ0n) is 18.1. The van der Waals surface area contributed by atoms with Crippen LogP contribution >= 0.6 is 23.2 Å². The molecule has 0 spiro atoms. The Morgan fingerprint density at radius 1 is 1.12 bits per heavy atom. The van der Waals surface area contributed by atoms with Crippen LogP contribution < -0.4 is 5.32 Å². The molecule has 1 fully saturated rings. The standard InChI is InChI=1S/C23H27Cl2N3O4/c1-3-19(21(30)26-2)28(13-14-8-9-17(24)18(25)12-14)20(29)10-11-27-22(31)15-6-4-5-7-16(15)23(27)32/h4-5,8-9,12,15-16,19H,3,6-7,10-11,13H2,1-2H3,(H,26,30)/t15-,16+,19?. The van der Waals surface area contributed by atoms with Gasteiger partial charge in [-0.05, 0) is 37.0 Å². The van der Waals surface area contributed by atoms with Crippen LogP contribution in [0.2, 0.25) is 10.0 Å². The Morgan fingerprint density at radius 2 is 1.75 bits per heavy atom. The Morgan fingerprint density at radius 3 is 2.28 bits per heavy atom. The molecule has 0 saturated carbocycles. The molecule has 1 aliphatic carbocycles. The van der Waals surface area contributed by atoms with Gasteiger partial charge in [-0.2, -0.15) is 0 Å². The molecule has 1 aromatic rings. The number of nitrogens with zero attached hydrogens (tertiary/aromatic N) is 2. The van der Waals surface area contributed by atoms with Crippen molar-refractivity contribution < 1.29 is 19.2 Å². The third kappa shape index (κ3) is 4.99. The van der Waals surface area contributed by atoms with Gasteiger partial charge in [-0.25, -0.2) is 0 Å². The molecule has 1 aliphatic heterocycles. The second kappa shape index (κ2) is 10.5. The fourth-order valence-electron chi connectivity index (χ4n) is 4.36. The normalized spacial score (nSPS) is 20.8. The molecule has 0 radical (unpaired) electrons. The van der Waals surface area contributed by atoms with E-state index in [-0.39, 0.29) is 55.0 Å². The van der Waals surface area contributed by atoms with Gasteiger partial charge in [-0.3, -0.25) is 24.1 Å². The van der Waals surface area contributed by atoms with Gasteiger partial charge >= 0.3 is 0 Å². The van der Waals surface area contributed by atoms with E-state index in [0.717, 1.165) is 5.56 Å². The highest BCUT2D eigenvalue weighted by molar-refractivity contribution is 6.42. The van der Waals surface area contributed by atoms with E-state index in [1.165, 1.54) is 16.8 Å². The number of likely N-dealkylation sites (tertiary alicyclic amines) is 1. The minimum Gasteiger partial charge on any atom is -0.357 e. The molecular weight excluding hydrogens is 453 g/mol. The van der Waals surface area contributed by atoms with E-state index in [1.54, 1.807) is 18.2 Å². The molecular formula is C23H27Cl2N3O4. The Kier molecular flexibility index (Phi) is 7.96. The van der Waals surface area contributed by atoms with Gasteiger partial charge in [0, 0.05) is 26.6 Å². The van der Waals surface area contributed by atoms with Crippen molar-refractivity contribution >= 4 is 46.8 Å². The van der Waals surface area contributed by atoms with E-state index in [0.29, 0.717) is 29.3 Å². The summed E-state index contributed by atoms with van der Waals surface area (Å²) in [4.78, 5) is 53.7. The fourth-order valence-corrected chi connectivity index (χ4v) is 4.68. The minimum absolute atomic E-state index is 0.00551. The molecule has 172 valence electrons. The van der Waals surface area contributed by atoms with Crippen LogP contribution in [0.15, 0.2) is 30.4 Å². The van der Waals surface area contributed by atoms with Crippen LogP contribution in [0.4, 0.5) is 0 Å². The maximum Gasteiger partial charge on any atom is 0.242 e. The first-order valence-electron chi connectivity index (χ1n) is 10.7. The lowest BCUT2D eigenvalue weighted by atomic mass is 9.85. The van der Waals surface area contributed by atoms with E-state index in [9.17, 15) is 19.2 Å². The molecule has 3 atom stereocenters. The molecule has 7 nitrogen and oxygen atoms in total. The van der Waals surface area contributed by atoms with E-state index in [1.807, 2.05) is 19.1 Å². The van der Waals surface area contributed by atoms with Crippen LogP contribution in [-0.2, 0) is 25.7 Å². The van der Waals surface area contributed by atoms with Crippen LogP contribution in [0.25, 0.3) is 0 Å². The Balaban J connectivity index is 1.75. The number of rotatable bonds is 8. The highest BCUT2D eigenvalue weighted by Gasteiger charge is 2.47. The van der Waals surface area contributed by atoms with Gasteiger partial charge in [0.15, 0.2) is 0 Å². The van der Waals surface area contributed by atoms with Crippen LogP contribution in [0.3, 0.4) is 0 Å². The first kappa shape index (κ1) is 24.3. The van der Waals surface area contributed by atoms with Crippen molar-refractivity contribution in [1.82, 2.24) is 15.1 Å². The first-order valence-corrected chi connectivity index (χ1v) is 11.5. The fraction of sp³-hybridized carbons (Fsp3) is 0.478. The number of hydrogen-bond donors (Lipinski definition) is 1. The van der Waals surface area contributed by atoms with Crippen molar-refractivity contribution in [1.29, 1.82) is 0 Å². The molecule has 0 bridgehead atoms. The van der Waals surface area contributed by atoms with Crippen molar-refractivity contribution in [3.05, 3.63) is 46.0 Å². The number of carbonyl (C=O) groups is 4. The molecule has 1 saturated heterocycles. The average molecular weight is 480 g/mol. The monoisotopic (exact) mass is 479 g/mol. The van der Waals surface area contributed by atoms with Crippen LogP contribution in [0.1, 0.15) is 38.2 Å². The predicted octanol–water partition coefficient (Wildman–Crippen LogP) is 3.19. The maximum absolute atomic E-state index is 13.2. The lowest BCUT2D eigenvalue weighted by Gasteiger charge is -2.31. The molecule has 1 heterocycles. The largest absolute Gasteiger partial charge is 0.357 e. The summed E-state index contributed by atoms with van der Waals surface area (Å²) in [5, 5.41) is 3.35. The number of benzene rings is 1. The number of carbonyl (C=O) groups excluding carboxylic acids is 4. The van der Waals surface area contributed by atoms with Crippen molar-refractivity contribution in [3.63, 3.8) is 0 Å². The Bertz CT molecular complexity index is 923. The summed E-state index contributed by atoms with van der Waals surface area (Å²) in [5.41, 5.74) is 0.723. The molecule has 32 heavy (non-hydrogen) atoms. The van der Waals surface area contributed by atoms with Gasteiger partial charge < -0.3 is 10.2 Å². The SMILES string of the molecule is CCC(C(=O)NC)N(Cc1ccc(Cl)c(Cl)c1)C(=O)CCN1C(=O)[C@H]2CC=CC[C@H]2C1=O. The lowest BCUT2D eigenvalue weighted by Crippen LogP contribution is -2.49. The number of amides is 4. The van der Waals surface area contributed by atoms with Crippen molar-refractivity contribution in [3.8, 4) is 0 Å². The van der Waals surface area contributed by atoms with Gasteiger partial charge in [0.05, 0.1) is 21.9 Å². The molecule has 1 unspecified atom stereocenters. The van der Waals surface area contributed by atoms with Gasteiger partial charge in [0.2, 0.25) is 23.6 Å². The second-order valence-corrected chi connectivity index (χ2v) is 8.86. The van der Waals surface area contributed by atoms with E-state index < -0.39 is 6.04 Å². The second-order valence-electron chi connectivity index (χ2n) is 8.04. The average Bonchev–Trinajstić information content (AvgIpc) is 3.04. The molecule has 3 rings (SSSR count). The smallest absolute Gasteiger partial charge is 0.242 e. The highest BCUT2D eigenvalue weighted by atomic mass is 35.5.